The van der Waals surface area contributed by atoms with Crippen molar-refractivity contribution >= 4 is 35.1 Å². The molecule has 2 N–H and O–H groups in total. The second kappa shape index (κ2) is 16.3. The number of rotatable bonds is 10. The predicted octanol–water partition coefficient (Wildman–Crippen LogP) is 8.46. The highest BCUT2D eigenvalue weighted by Crippen LogP contribution is 2.75. The number of benzene rings is 2. The number of hydrogen-bond donors (Lipinski definition) is 2. The minimum absolute atomic E-state index is 0.0507. The van der Waals surface area contributed by atoms with Crippen molar-refractivity contribution in [1.29, 1.82) is 0 Å². The van der Waals surface area contributed by atoms with E-state index in [9.17, 15) is 19.8 Å². The summed E-state index contributed by atoms with van der Waals surface area (Å²) in [6, 6.07) is 7.30. The van der Waals surface area contributed by atoms with Crippen LogP contribution in [0.5, 0.6) is 17.2 Å². The molecule has 2 aromatic rings. The van der Waals surface area contributed by atoms with Gasteiger partial charge in [-0.3, -0.25) is 9.59 Å². The Hall–Kier alpha value is -5.35. The van der Waals surface area contributed by atoms with Gasteiger partial charge in [0.2, 0.25) is 6.29 Å². The van der Waals surface area contributed by atoms with Crippen LogP contribution in [0.2, 0.25) is 0 Å². The third kappa shape index (κ3) is 6.91. The number of aliphatic hydroxyl groups excluding tert-OH is 2. The lowest BCUT2D eigenvalue weighted by Gasteiger charge is -2.62. The maximum absolute atomic E-state index is 15.9. The Bertz CT molecular complexity index is 2880. The van der Waals surface area contributed by atoms with Gasteiger partial charge in [-0.15, -0.1) is 0 Å². The third-order valence-electron chi connectivity index (χ3n) is 16.3. The highest BCUT2D eigenvalue weighted by Gasteiger charge is 2.84. The molecular formula is C57H64O14. The number of Topliss-reactive ketones (excluding diaryl/α,β-unsaturated/α-hetero) is 2. The zero-order valence-electron chi connectivity index (χ0n) is 42.4. The van der Waals surface area contributed by atoms with E-state index in [1.807, 2.05) is 65.0 Å². The molecule has 376 valence electrons. The monoisotopic (exact) mass is 972 g/mol. The van der Waals surface area contributed by atoms with Gasteiger partial charge in [0.05, 0.1) is 30.5 Å². The summed E-state index contributed by atoms with van der Waals surface area (Å²) in [5.74, 6) is -2.43. The third-order valence-corrected chi connectivity index (χ3v) is 16.3. The Morgan fingerprint density at radius 3 is 2.35 bits per heavy atom. The van der Waals surface area contributed by atoms with E-state index in [0.29, 0.717) is 86.8 Å². The minimum atomic E-state index is -1.72. The van der Waals surface area contributed by atoms with Crippen molar-refractivity contribution in [2.45, 2.75) is 160 Å². The summed E-state index contributed by atoms with van der Waals surface area (Å²) in [6.07, 6.45) is 5.66. The molecule has 3 saturated heterocycles. The molecule has 12 rings (SSSR count). The molecule has 6 fully saturated rings. The van der Waals surface area contributed by atoms with Crippen LogP contribution in [0.4, 0.5) is 0 Å². The van der Waals surface area contributed by atoms with Crippen molar-refractivity contribution in [2.75, 3.05) is 13.7 Å². The van der Waals surface area contributed by atoms with Crippen molar-refractivity contribution in [3.63, 3.8) is 0 Å². The molecule has 3 saturated carbocycles. The Morgan fingerprint density at radius 2 is 1.63 bits per heavy atom. The molecular weight excluding hydrogens is 909 g/mol. The summed E-state index contributed by atoms with van der Waals surface area (Å²) in [5, 5.41) is 23.8. The molecule has 0 amide bonds. The lowest BCUT2D eigenvalue weighted by molar-refractivity contribution is -0.373. The number of methoxy groups -OCH3 is 1. The first-order valence-electron chi connectivity index (χ1n) is 24.9. The molecule has 14 nitrogen and oxygen atoms in total. The smallest absolute Gasteiger partial charge is 0.333 e. The quantitative estimate of drug-likeness (QED) is 0.132. The molecule has 14 heteroatoms. The van der Waals surface area contributed by atoms with E-state index in [0.717, 1.165) is 12.0 Å². The van der Waals surface area contributed by atoms with E-state index in [2.05, 4.69) is 26.0 Å². The second-order valence-electron chi connectivity index (χ2n) is 22.4. The first-order chi connectivity index (χ1) is 33.6. The molecule has 10 aliphatic rings. The van der Waals surface area contributed by atoms with E-state index in [1.165, 1.54) is 12.7 Å². The second-order valence-corrected chi connectivity index (χ2v) is 22.4. The zero-order chi connectivity index (χ0) is 50.5. The van der Waals surface area contributed by atoms with Gasteiger partial charge in [-0.1, -0.05) is 53.6 Å². The first kappa shape index (κ1) is 47.9. The van der Waals surface area contributed by atoms with E-state index in [4.69, 9.17) is 42.6 Å². The van der Waals surface area contributed by atoms with E-state index in [1.54, 1.807) is 32.9 Å². The average Bonchev–Trinajstić information content (AvgIpc) is 3.68. The fourth-order valence-electron chi connectivity index (χ4n) is 13.0. The van der Waals surface area contributed by atoms with Crippen LogP contribution in [0.25, 0.3) is 17.6 Å². The molecule has 4 aliphatic carbocycles. The number of aliphatic hydroxyl groups is 2. The molecule has 6 unspecified atom stereocenters. The van der Waals surface area contributed by atoms with E-state index >= 15 is 4.79 Å². The van der Waals surface area contributed by atoms with Crippen molar-refractivity contribution in [3.05, 3.63) is 104 Å². The number of allylic oxidation sites excluding steroid dienone is 5. The number of hydrogen-bond acceptors (Lipinski definition) is 14. The van der Waals surface area contributed by atoms with Gasteiger partial charge >= 0.3 is 5.97 Å². The highest BCUT2D eigenvalue weighted by atomic mass is 16.8. The van der Waals surface area contributed by atoms with Gasteiger partial charge in [0.15, 0.2) is 28.6 Å². The summed E-state index contributed by atoms with van der Waals surface area (Å²) in [4.78, 5) is 43.9. The number of fused-ring (bicyclic) bond motifs is 6. The van der Waals surface area contributed by atoms with Crippen LogP contribution in [0.15, 0.2) is 76.4 Å². The topological polar surface area (TPSA) is 175 Å². The lowest BCUT2D eigenvalue weighted by atomic mass is 9.45. The van der Waals surface area contributed by atoms with Crippen LogP contribution in [-0.2, 0) is 44.4 Å². The molecule has 11 atom stereocenters. The Morgan fingerprint density at radius 1 is 0.901 bits per heavy atom. The zero-order valence-corrected chi connectivity index (χ0v) is 42.4. The maximum Gasteiger partial charge on any atom is 0.333 e. The summed E-state index contributed by atoms with van der Waals surface area (Å²) < 4.78 is 60.7. The summed E-state index contributed by atoms with van der Waals surface area (Å²) in [5.41, 5.74) is 0.963. The summed E-state index contributed by atoms with van der Waals surface area (Å²) >= 11 is 0. The molecule has 0 radical (unpaired) electrons. The SMILES string of the molecule is COC(=O)C(C)=CCC12OC(C)(C)C3CC(C1=O)C1C4=C(OC5=C1C32Oc1c(CC=C(C)C)c2c(c(O[C@H]3O[C@H]6COC(C)(C)O[C@@H]6[C@@H](O)[C@@H]3O)c15)C=CC(C)(CCC=C(C)C)O2)c1ccccc1C4=O. The van der Waals surface area contributed by atoms with Crippen molar-refractivity contribution in [1.82, 2.24) is 0 Å². The number of esters is 1. The van der Waals surface area contributed by atoms with Crippen LogP contribution in [0.3, 0.4) is 0 Å². The molecule has 71 heavy (non-hydrogen) atoms. The normalized spacial score (nSPS) is 34.9. The molecule has 2 aromatic carbocycles. The van der Waals surface area contributed by atoms with Crippen LogP contribution < -0.4 is 14.2 Å². The van der Waals surface area contributed by atoms with Crippen molar-refractivity contribution in [2.24, 2.45) is 17.8 Å². The van der Waals surface area contributed by atoms with Crippen LogP contribution in [0.1, 0.15) is 128 Å². The minimum Gasteiger partial charge on any atom is -0.482 e. The average molecular weight is 973 g/mol. The predicted molar refractivity (Wildman–Crippen MR) is 260 cm³/mol. The highest BCUT2D eigenvalue weighted by molar-refractivity contribution is 6.22. The van der Waals surface area contributed by atoms with Gasteiger partial charge in [-0.25, -0.2) is 4.79 Å². The number of carbonyl (C=O) groups is 3. The van der Waals surface area contributed by atoms with Crippen LogP contribution in [0, 0.1) is 17.8 Å². The van der Waals surface area contributed by atoms with Gasteiger partial charge in [-0.05, 0) is 107 Å². The maximum atomic E-state index is 15.9. The summed E-state index contributed by atoms with van der Waals surface area (Å²) in [7, 11) is 1.31. The molecule has 6 heterocycles. The lowest BCUT2D eigenvalue weighted by Crippen LogP contribution is -2.75. The molecule has 0 aromatic heterocycles. The van der Waals surface area contributed by atoms with Gasteiger partial charge in [0.25, 0.3) is 0 Å². The standard InChI is InChI=1S/C57H64O14/c1-27(2)15-14-22-55(10)23-21-33-44(69-55)32(19-18-28(3)4)47-39(46(33)67-52-43(60)42(59)48-35(65-52)26-64-54(8,9)68-48)49-40-37(38-41(58)30-16-12-13-17-31(30)45(38)66-49)34-25-36-53(6,7)71-56(50(34)61,57(36,40)70-47)24-20-29(5)51(62)63-11/h12-13,15-18,20-21,23,34-37,42-43,48,52,59-60H,14,19,22,24-26H2,1-11H3/t34?,35-,36?,37?,42-,43-,48-,52+,55?,56?,57?/m0/s1. The van der Waals surface area contributed by atoms with E-state index in [-0.39, 0.29) is 30.3 Å². The Balaban J connectivity index is 1.20. The van der Waals surface area contributed by atoms with Gasteiger partial charge < -0.3 is 52.8 Å². The van der Waals surface area contributed by atoms with Crippen LogP contribution in [-0.4, -0.2) is 100 Å². The van der Waals surface area contributed by atoms with Gasteiger partial charge in [-0.2, -0.15) is 0 Å². The number of carbonyl (C=O) groups excluding carboxylic acids is 3. The van der Waals surface area contributed by atoms with Gasteiger partial charge in [0, 0.05) is 52.0 Å². The van der Waals surface area contributed by atoms with Crippen molar-refractivity contribution < 1.29 is 67.2 Å². The van der Waals surface area contributed by atoms with Crippen LogP contribution >= 0.6 is 0 Å². The molecule has 1 spiro atoms. The fraction of sp³-hybridized carbons (Fsp3) is 0.526. The number of ether oxygens (including phenoxy) is 9. The summed E-state index contributed by atoms with van der Waals surface area (Å²) in [6.45, 7) is 19.3. The number of ketones is 2. The van der Waals surface area contributed by atoms with Gasteiger partial charge in [0.1, 0.15) is 64.3 Å². The van der Waals surface area contributed by atoms with Crippen molar-refractivity contribution in [3.8, 4) is 17.2 Å². The Kier molecular flexibility index (Phi) is 11.0. The fourth-order valence-corrected chi connectivity index (χ4v) is 13.0. The first-order valence-corrected chi connectivity index (χ1v) is 24.9. The largest absolute Gasteiger partial charge is 0.482 e. The Labute approximate surface area is 414 Å². The molecule has 6 aliphatic heterocycles. The molecule has 4 bridgehead atoms. The van der Waals surface area contributed by atoms with E-state index < -0.39 is 82.6 Å².